The molecule has 0 amide bonds. The molecule has 6 heteroatoms. The topological polar surface area (TPSA) is 77.2 Å². The van der Waals surface area contributed by atoms with Gasteiger partial charge in [0.05, 0.1) is 26.0 Å². The van der Waals surface area contributed by atoms with E-state index in [2.05, 4.69) is 44.7 Å². The third-order valence-electron chi connectivity index (χ3n) is 5.88. The summed E-state index contributed by atoms with van der Waals surface area (Å²) in [6, 6.07) is 6.16. The molecular formula is C24H44N2O4. The van der Waals surface area contributed by atoms with Crippen molar-refractivity contribution < 1.29 is 19.3 Å². The number of nitrogens with zero attached hydrogens (tertiary/aromatic N) is 1. The van der Waals surface area contributed by atoms with E-state index in [1.54, 1.807) is 14.2 Å². The summed E-state index contributed by atoms with van der Waals surface area (Å²) < 4.78 is 16.5. The minimum atomic E-state index is -0.512. The van der Waals surface area contributed by atoms with Gasteiger partial charge in [-0.2, -0.15) is 0 Å². The van der Waals surface area contributed by atoms with E-state index in [0.717, 1.165) is 43.9 Å². The number of aliphatic hydroxyl groups is 1. The van der Waals surface area contributed by atoms with Crippen LogP contribution in [0.1, 0.15) is 52.5 Å². The molecule has 0 unspecified atom stereocenters. The average molecular weight is 425 g/mol. The first-order valence-corrected chi connectivity index (χ1v) is 11.3. The van der Waals surface area contributed by atoms with Crippen LogP contribution in [0.25, 0.3) is 0 Å². The molecule has 0 fully saturated rings. The molecule has 174 valence electrons. The van der Waals surface area contributed by atoms with Crippen LogP contribution >= 0.6 is 0 Å². The molecule has 0 saturated carbocycles. The maximum Gasteiger partial charge on any atom is 0.161 e. The molecule has 30 heavy (non-hydrogen) atoms. The number of aliphatic hydroxyl groups excluding tert-OH is 1. The predicted molar refractivity (Wildman–Crippen MR) is 123 cm³/mol. The van der Waals surface area contributed by atoms with Gasteiger partial charge in [0.25, 0.3) is 0 Å². The van der Waals surface area contributed by atoms with Crippen LogP contribution in [0.5, 0.6) is 11.5 Å². The Morgan fingerprint density at radius 3 is 2.30 bits per heavy atom. The smallest absolute Gasteiger partial charge is 0.161 e. The number of rotatable bonds is 16. The van der Waals surface area contributed by atoms with Gasteiger partial charge >= 0.3 is 0 Å². The van der Waals surface area contributed by atoms with Crippen molar-refractivity contribution in [2.45, 2.75) is 65.6 Å². The minimum Gasteiger partial charge on any atom is -0.493 e. The molecule has 0 spiro atoms. The van der Waals surface area contributed by atoms with E-state index in [9.17, 15) is 5.11 Å². The largest absolute Gasteiger partial charge is 0.493 e. The highest BCUT2D eigenvalue weighted by molar-refractivity contribution is 5.43. The first-order valence-electron chi connectivity index (χ1n) is 11.3. The second-order valence-corrected chi connectivity index (χ2v) is 8.24. The van der Waals surface area contributed by atoms with Gasteiger partial charge in [0.2, 0.25) is 0 Å². The lowest BCUT2D eigenvalue weighted by atomic mass is 9.84. The van der Waals surface area contributed by atoms with E-state index in [4.69, 9.17) is 19.9 Å². The Bertz CT molecular complexity index is 578. The van der Waals surface area contributed by atoms with Gasteiger partial charge in [-0.25, -0.2) is 0 Å². The second kappa shape index (κ2) is 14.6. The van der Waals surface area contributed by atoms with Crippen LogP contribution < -0.4 is 15.2 Å². The van der Waals surface area contributed by atoms with E-state index >= 15 is 0 Å². The van der Waals surface area contributed by atoms with Gasteiger partial charge in [0.15, 0.2) is 11.5 Å². The van der Waals surface area contributed by atoms with Crippen LogP contribution in [0.15, 0.2) is 18.2 Å². The molecule has 1 aromatic rings. The summed E-state index contributed by atoms with van der Waals surface area (Å²) in [6.07, 6.45) is 2.59. The lowest BCUT2D eigenvalue weighted by Gasteiger charge is -2.31. The average Bonchev–Trinajstić information content (AvgIpc) is 2.74. The first kappa shape index (κ1) is 26.7. The van der Waals surface area contributed by atoms with Gasteiger partial charge in [-0.15, -0.1) is 0 Å². The molecule has 6 nitrogen and oxygen atoms in total. The normalized spacial score (nSPS) is 14.7. The van der Waals surface area contributed by atoms with Crippen LogP contribution in [0.3, 0.4) is 0 Å². The number of ether oxygens (including phenoxy) is 3. The highest BCUT2D eigenvalue weighted by Gasteiger charge is 2.23. The van der Waals surface area contributed by atoms with Crippen molar-refractivity contribution in [3.63, 3.8) is 0 Å². The fourth-order valence-corrected chi connectivity index (χ4v) is 3.76. The van der Waals surface area contributed by atoms with Gasteiger partial charge in [0.1, 0.15) is 0 Å². The zero-order valence-electron chi connectivity index (χ0n) is 19.9. The van der Waals surface area contributed by atoms with Crippen LogP contribution in [-0.4, -0.2) is 62.8 Å². The first-order chi connectivity index (χ1) is 14.4. The lowest BCUT2D eigenvalue weighted by molar-refractivity contribution is 0.0456. The van der Waals surface area contributed by atoms with Gasteiger partial charge in [-0.1, -0.05) is 33.8 Å². The van der Waals surface area contributed by atoms with Crippen molar-refractivity contribution in [2.75, 3.05) is 40.5 Å². The van der Waals surface area contributed by atoms with Crippen molar-refractivity contribution in [1.82, 2.24) is 4.90 Å². The molecule has 1 rings (SSSR count). The third kappa shape index (κ3) is 8.80. The number of nitrogens with two attached hydrogens (primary N) is 1. The van der Waals surface area contributed by atoms with Crippen molar-refractivity contribution >= 4 is 0 Å². The zero-order chi connectivity index (χ0) is 22.5. The van der Waals surface area contributed by atoms with Crippen molar-refractivity contribution in [2.24, 2.45) is 17.6 Å². The predicted octanol–water partition coefficient (Wildman–Crippen LogP) is 3.69. The van der Waals surface area contributed by atoms with E-state index < -0.39 is 6.10 Å². The number of hydrogen-bond acceptors (Lipinski definition) is 6. The molecule has 1 aromatic carbocycles. The maximum absolute atomic E-state index is 10.6. The molecule has 0 radical (unpaired) electrons. The summed E-state index contributed by atoms with van der Waals surface area (Å²) in [5, 5.41) is 10.6. The molecule has 0 bridgehead atoms. The van der Waals surface area contributed by atoms with E-state index in [0.29, 0.717) is 31.5 Å². The molecule has 0 aliphatic carbocycles. The van der Waals surface area contributed by atoms with Crippen LogP contribution in [0.4, 0.5) is 0 Å². The summed E-state index contributed by atoms with van der Waals surface area (Å²) >= 11 is 0. The Balaban J connectivity index is 2.75. The Kier molecular flexibility index (Phi) is 13.0. The number of hydrogen-bond donors (Lipinski definition) is 2. The quantitative estimate of drug-likeness (QED) is 0.311. The molecule has 0 saturated heterocycles. The lowest BCUT2D eigenvalue weighted by Crippen LogP contribution is -2.50. The molecule has 0 heterocycles. The molecule has 0 aromatic heterocycles. The zero-order valence-corrected chi connectivity index (χ0v) is 19.9. The van der Waals surface area contributed by atoms with E-state index in [-0.39, 0.29) is 6.17 Å². The molecule has 0 aliphatic rings. The van der Waals surface area contributed by atoms with Crippen LogP contribution in [0, 0.1) is 11.8 Å². The molecule has 3 atom stereocenters. The number of methoxy groups -OCH3 is 2. The monoisotopic (exact) mass is 424 g/mol. The van der Waals surface area contributed by atoms with E-state index in [1.807, 2.05) is 6.07 Å². The summed E-state index contributed by atoms with van der Waals surface area (Å²) in [4.78, 5) is 2.10. The fourth-order valence-electron chi connectivity index (χ4n) is 3.76. The van der Waals surface area contributed by atoms with Crippen molar-refractivity contribution in [1.29, 1.82) is 0 Å². The Morgan fingerprint density at radius 2 is 1.73 bits per heavy atom. The number of benzene rings is 1. The second-order valence-electron chi connectivity index (χ2n) is 8.24. The highest BCUT2D eigenvalue weighted by Crippen LogP contribution is 2.31. The van der Waals surface area contributed by atoms with Crippen LogP contribution in [0.2, 0.25) is 0 Å². The number of likely N-dealkylation sites (N-methyl/N-ethyl adjacent to an activating group) is 1. The summed E-state index contributed by atoms with van der Waals surface area (Å²) in [6.45, 7) is 11.6. The van der Waals surface area contributed by atoms with Crippen molar-refractivity contribution in [3.8, 4) is 11.5 Å². The van der Waals surface area contributed by atoms with Gasteiger partial charge in [-0.05, 0) is 61.9 Å². The summed E-state index contributed by atoms with van der Waals surface area (Å²) in [7, 11) is 3.35. The summed E-state index contributed by atoms with van der Waals surface area (Å²) in [5.41, 5.74) is 7.47. The summed E-state index contributed by atoms with van der Waals surface area (Å²) in [5.74, 6) is 2.49. The van der Waals surface area contributed by atoms with Gasteiger partial charge in [0, 0.05) is 20.1 Å². The fraction of sp³-hybridized carbons (Fsp3) is 0.750. The Morgan fingerprint density at radius 1 is 1.03 bits per heavy atom. The SMILES string of the molecule is CCN(CC)[C@H](N)[C@@H](O)CC[C@@H](Cc1ccc(OC)c(OCCCOC)c1)C(C)C. The van der Waals surface area contributed by atoms with Crippen LogP contribution in [-0.2, 0) is 11.2 Å². The van der Waals surface area contributed by atoms with Gasteiger partial charge < -0.3 is 25.1 Å². The molecular weight excluding hydrogens is 380 g/mol. The van der Waals surface area contributed by atoms with Crippen molar-refractivity contribution in [3.05, 3.63) is 23.8 Å². The van der Waals surface area contributed by atoms with Gasteiger partial charge in [-0.3, -0.25) is 4.90 Å². The maximum atomic E-state index is 10.6. The molecule has 3 N–H and O–H groups in total. The minimum absolute atomic E-state index is 0.305. The Labute approximate surface area is 183 Å². The Hall–Kier alpha value is -1.34. The third-order valence-corrected chi connectivity index (χ3v) is 5.88. The molecule has 0 aliphatic heterocycles. The van der Waals surface area contributed by atoms with E-state index in [1.165, 1.54) is 5.56 Å². The standard InChI is InChI=1S/C24H44N2O4/c1-7-26(8-2)24(25)21(27)12-11-20(18(3)4)16-19-10-13-22(29-6)23(17-19)30-15-9-14-28-5/h10,13,17-18,20-21,24,27H,7-9,11-12,14-16,25H2,1-6H3/t20-,21-,24-/m0/s1. The highest BCUT2D eigenvalue weighted by atomic mass is 16.5.